The first-order valence-electron chi connectivity index (χ1n) is 13.1. The smallest absolute Gasteiger partial charge is 0.227 e. The van der Waals surface area contributed by atoms with E-state index in [1.807, 2.05) is 77.5 Å². The van der Waals surface area contributed by atoms with Crippen LogP contribution in [0.25, 0.3) is 5.69 Å². The zero-order chi connectivity index (χ0) is 25.6. The quantitative estimate of drug-likeness (QED) is 0.268. The van der Waals surface area contributed by atoms with Crippen molar-refractivity contribution in [2.45, 2.75) is 51.3 Å². The number of aliphatic hydroxyl groups is 1. The van der Waals surface area contributed by atoms with E-state index in [0.717, 1.165) is 41.8 Å². The standard InChI is InChI=1S/C31H35N3O3/c1-3-28-27(22-33(24-18-19-24)21-26(35)20-23-12-6-4-7-13-23)31(34(32-28)25-14-8-5-9-15-25)37-30-17-11-10-16-29(30)36-2/h4-17,24,26,35H,3,18-22H2,1-2H3/t26-/m1/s1. The Morgan fingerprint density at radius 2 is 1.59 bits per heavy atom. The molecule has 0 spiro atoms. The van der Waals surface area contributed by atoms with Gasteiger partial charge in [-0.05, 0) is 55.5 Å². The third kappa shape index (κ3) is 6.04. The molecule has 5 rings (SSSR count). The Morgan fingerprint density at radius 1 is 0.946 bits per heavy atom. The number of rotatable bonds is 12. The molecule has 1 aliphatic carbocycles. The Kier molecular flexibility index (Phi) is 7.87. The number of aliphatic hydroxyl groups excluding tert-OH is 1. The molecule has 0 unspecified atom stereocenters. The summed E-state index contributed by atoms with van der Waals surface area (Å²) in [6, 6.07) is 28.4. The molecule has 1 aliphatic rings. The van der Waals surface area contributed by atoms with Gasteiger partial charge < -0.3 is 14.6 Å². The van der Waals surface area contributed by atoms with Gasteiger partial charge in [0.1, 0.15) is 0 Å². The molecule has 0 aliphatic heterocycles. The van der Waals surface area contributed by atoms with E-state index < -0.39 is 6.10 Å². The van der Waals surface area contributed by atoms with Gasteiger partial charge in [-0.2, -0.15) is 5.10 Å². The lowest BCUT2D eigenvalue weighted by molar-refractivity contribution is 0.103. The van der Waals surface area contributed by atoms with E-state index in [-0.39, 0.29) is 0 Å². The Labute approximate surface area is 219 Å². The summed E-state index contributed by atoms with van der Waals surface area (Å²) in [5.74, 6) is 2.01. The average molecular weight is 498 g/mol. The first-order valence-corrected chi connectivity index (χ1v) is 13.1. The molecule has 6 heteroatoms. The molecule has 0 bridgehead atoms. The second-order valence-corrected chi connectivity index (χ2v) is 9.59. The number of ether oxygens (including phenoxy) is 2. The van der Waals surface area contributed by atoms with E-state index in [4.69, 9.17) is 14.6 Å². The Hall–Kier alpha value is -3.61. The molecule has 4 aromatic rings. The highest BCUT2D eigenvalue weighted by Crippen LogP contribution is 2.38. The minimum absolute atomic E-state index is 0.448. The summed E-state index contributed by atoms with van der Waals surface area (Å²) in [6.45, 7) is 3.39. The molecule has 1 N–H and O–H groups in total. The average Bonchev–Trinajstić information content (AvgIpc) is 3.73. The molecular formula is C31H35N3O3. The van der Waals surface area contributed by atoms with Gasteiger partial charge in [0.05, 0.1) is 30.2 Å². The maximum absolute atomic E-state index is 11.0. The highest BCUT2D eigenvalue weighted by atomic mass is 16.5. The van der Waals surface area contributed by atoms with Gasteiger partial charge in [0, 0.05) is 19.1 Å². The number of hydrogen-bond donors (Lipinski definition) is 1. The molecule has 37 heavy (non-hydrogen) atoms. The number of aromatic nitrogens is 2. The van der Waals surface area contributed by atoms with Gasteiger partial charge >= 0.3 is 0 Å². The van der Waals surface area contributed by atoms with Gasteiger partial charge in [0.25, 0.3) is 0 Å². The zero-order valence-electron chi connectivity index (χ0n) is 21.6. The number of hydrogen-bond acceptors (Lipinski definition) is 5. The van der Waals surface area contributed by atoms with Crippen LogP contribution in [0.3, 0.4) is 0 Å². The van der Waals surface area contributed by atoms with Gasteiger partial charge in [-0.3, -0.25) is 4.90 Å². The van der Waals surface area contributed by atoms with Gasteiger partial charge in [-0.15, -0.1) is 0 Å². The summed E-state index contributed by atoms with van der Waals surface area (Å²) in [4.78, 5) is 2.40. The molecule has 1 atom stereocenters. The number of para-hydroxylation sites is 3. The van der Waals surface area contributed by atoms with E-state index in [0.29, 0.717) is 42.9 Å². The summed E-state index contributed by atoms with van der Waals surface area (Å²) in [7, 11) is 1.65. The second-order valence-electron chi connectivity index (χ2n) is 9.59. The van der Waals surface area contributed by atoms with Crippen LogP contribution in [0.15, 0.2) is 84.9 Å². The van der Waals surface area contributed by atoms with Gasteiger partial charge in [-0.25, -0.2) is 4.68 Å². The predicted molar refractivity (Wildman–Crippen MR) is 146 cm³/mol. The van der Waals surface area contributed by atoms with Crippen molar-refractivity contribution >= 4 is 0 Å². The van der Waals surface area contributed by atoms with E-state index in [1.54, 1.807) is 7.11 Å². The van der Waals surface area contributed by atoms with E-state index in [9.17, 15) is 5.11 Å². The lowest BCUT2D eigenvalue weighted by Gasteiger charge is -2.25. The minimum atomic E-state index is -0.448. The maximum Gasteiger partial charge on any atom is 0.227 e. The molecular weight excluding hydrogens is 462 g/mol. The second kappa shape index (κ2) is 11.6. The largest absolute Gasteiger partial charge is 0.493 e. The monoisotopic (exact) mass is 497 g/mol. The van der Waals surface area contributed by atoms with E-state index >= 15 is 0 Å². The van der Waals surface area contributed by atoms with Crippen LogP contribution in [0.5, 0.6) is 17.4 Å². The van der Waals surface area contributed by atoms with Crippen molar-refractivity contribution in [2.75, 3.05) is 13.7 Å². The van der Waals surface area contributed by atoms with Crippen LogP contribution in [-0.2, 0) is 19.4 Å². The fraction of sp³-hybridized carbons (Fsp3) is 0.323. The summed E-state index contributed by atoms with van der Waals surface area (Å²) in [6.07, 6.45) is 3.27. The number of benzene rings is 3. The molecule has 0 radical (unpaired) electrons. The van der Waals surface area contributed by atoms with Crippen LogP contribution in [0.2, 0.25) is 0 Å². The lowest BCUT2D eigenvalue weighted by Crippen LogP contribution is -2.35. The van der Waals surface area contributed by atoms with Crippen molar-refractivity contribution in [1.29, 1.82) is 0 Å². The van der Waals surface area contributed by atoms with Crippen LogP contribution in [0.1, 0.15) is 36.6 Å². The van der Waals surface area contributed by atoms with Crippen molar-refractivity contribution in [3.05, 3.63) is 102 Å². The molecule has 1 saturated carbocycles. The number of nitrogens with zero attached hydrogens (tertiary/aromatic N) is 3. The highest BCUT2D eigenvalue weighted by Gasteiger charge is 2.33. The predicted octanol–water partition coefficient (Wildman–Crippen LogP) is 5.80. The Morgan fingerprint density at radius 3 is 2.24 bits per heavy atom. The fourth-order valence-electron chi connectivity index (χ4n) is 4.78. The third-order valence-corrected chi connectivity index (χ3v) is 6.81. The topological polar surface area (TPSA) is 59.8 Å². The van der Waals surface area contributed by atoms with Crippen LogP contribution < -0.4 is 9.47 Å². The van der Waals surface area contributed by atoms with E-state index in [2.05, 4.69) is 24.0 Å². The van der Waals surface area contributed by atoms with Gasteiger partial charge in [0.15, 0.2) is 11.5 Å². The molecule has 1 fully saturated rings. The normalized spacial score (nSPS) is 14.1. The van der Waals surface area contributed by atoms with Crippen molar-refractivity contribution < 1.29 is 14.6 Å². The van der Waals surface area contributed by atoms with E-state index in [1.165, 1.54) is 0 Å². The molecule has 6 nitrogen and oxygen atoms in total. The first kappa shape index (κ1) is 25.1. The number of methoxy groups -OCH3 is 1. The Balaban J connectivity index is 1.48. The van der Waals surface area contributed by atoms with Crippen LogP contribution in [0, 0.1) is 0 Å². The summed E-state index contributed by atoms with van der Waals surface area (Å²) >= 11 is 0. The molecule has 3 aromatic carbocycles. The molecule has 192 valence electrons. The SMILES string of the molecule is CCc1nn(-c2ccccc2)c(Oc2ccccc2OC)c1CN(C[C@H](O)Cc1ccccc1)C1CC1. The van der Waals surface area contributed by atoms with Crippen molar-refractivity contribution in [2.24, 2.45) is 0 Å². The Bertz CT molecular complexity index is 1290. The van der Waals surface area contributed by atoms with Crippen molar-refractivity contribution in [3.8, 4) is 23.1 Å². The minimum Gasteiger partial charge on any atom is -0.493 e. The van der Waals surface area contributed by atoms with Crippen LogP contribution >= 0.6 is 0 Å². The third-order valence-electron chi connectivity index (χ3n) is 6.81. The summed E-state index contributed by atoms with van der Waals surface area (Å²) in [5, 5.41) is 16.0. The summed E-state index contributed by atoms with van der Waals surface area (Å²) in [5.41, 5.74) is 4.14. The van der Waals surface area contributed by atoms with Gasteiger partial charge in [-0.1, -0.05) is 67.6 Å². The molecule has 1 heterocycles. The molecule has 0 saturated heterocycles. The lowest BCUT2D eigenvalue weighted by atomic mass is 10.1. The van der Waals surface area contributed by atoms with Crippen LogP contribution in [-0.4, -0.2) is 45.6 Å². The van der Waals surface area contributed by atoms with Crippen molar-refractivity contribution in [1.82, 2.24) is 14.7 Å². The highest BCUT2D eigenvalue weighted by molar-refractivity contribution is 5.47. The number of aryl methyl sites for hydroxylation is 1. The van der Waals surface area contributed by atoms with Crippen LogP contribution in [0.4, 0.5) is 0 Å². The molecule has 0 amide bonds. The van der Waals surface area contributed by atoms with Crippen molar-refractivity contribution in [3.63, 3.8) is 0 Å². The fourth-order valence-corrected chi connectivity index (χ4v) is 4.78. The maximum atomic E-state index is 11.0. The summed E-state index contributed by atoms with van der Waals surface area (Å²) < 4.78 is 14.1. The zero-order valence-corrected chi connectivity index (χ0v) is 21.6. The molecule has 1 aromatic heterocycles. The first-order chi connectivity index (χ1) is 18.2. The van der Waals surface area contributed by atoms with Gasteiger partial charge in [0.2, 0.25) is 5.88 Å².